The first kappa shape index (κ1) is 18.0. The molecule has 1 aromatic heterocycles. The van der Waals surface area contributed by atoms with E-state index in [1.165, 1.54) is 4.90 Å². The zero-order valence-corrected chi connectivity index (χ0v) is 14.8. The van der Waals surface area contributed by atoms with E-state index in [1.54, 1.807) is 25.3 Å². The van der Waals surface area contributed by atoms with E-state index in [4.69, 9.17) is 14.4 Å². The number of hydrogen-bond donors (Lipinski definition) is 0. The maximum absolute atomic E-state index is 13.1. The molecule has 1 amide bonds. The topological polar surface area (TPSA) is 83.5 Å². The van der Waals surface area contributed by atoms with Gasteiger partial charge in [0.1, 0.15) is 12.1 Å². The lowest BCUT2D eigenvalue weighted by Crippen LogP contribution is -2.41. The molecule has 136 valence electrons. The van der Waals surface area contributed by atoms with Gasteiger partial charge in [-0.3, -0.25) is 9.59 Å². The van der Waals surface area contributed by atoms with Crippen LogP contribution in [0.2, 0.25) is 0 Å². The molecular formula is C20H22N2O4. The number of hydrogen-bond acceptors (Lipinski definition) is 5. The van der Waals surface area contributed by atoms with Crippen molar-refractivity contribution in [2.75, 3.05) is 18.1 Å². The standard InChI is InChI=1S/C20H22N2O4/c1-2-25-19(23)13-22(17-7-8-18-16(11-17)9-10-26-18)20(24)15-5-3-14(12-21)4-6-15/h7-11,14-15H,2-6,13H2,1H3. The molecule has 6 heteroatoms. The smallest absolute Gasteiger partial charge is 0.326 e. The van der Waals surface area contributed by atoms with E-state index in [-0.39, 0.29) is 30.9 Å². The quantitative estimate of drug-likeness (QED) is 0.765. The number of nitriles is 1. The van der Waals surface area contributed by atoms with Gasteiger partial charge in [-0.1, -0.05) is 0 Å². The molecule has 1 aliphatic rings. The van der Waals surface area contributed by atoms with Gasteiger partial charge in [0.05, 0.1) is 18.9 Å². The molecule has 0 atom stereocenters. The molecule has 0 radical (unpaired) electrons. The first-order valence-electron chi connectivity index (χ1n) is 8.96. The number of ether oxygens (including phenoxy) is 1. The number of carbonyl (C=O) groups excluding carboxylic acids is 2. The Kier molecular flexibility index (Phi) is 5.57. The minimum absolute atomic E-state index is 0.0276. The van der Waals surface area contributed by atoms with Crippen LogP contribution in [0, 0.1) is 23.2 Å². The number of benzene rings is 1. The number of nitrogens with zero attached hydrogens (tertiary/aromatic N) is 2. The maximum Gasteiger partial charge on any atom is 0.326 e. The number of amides is 1. The van der Waals surface area contributed by atoms with Gasteiger partial charge in [-0.2, -0.15) is 5.26 Å². The van der Waals surface area contributed by atoms with Crippen LogP contribution in [0.4, 0.5) is 5.69 Å². The Labute approximate surface area is 152 Å². The fourth-order valence-electron chi connectivity index (χ4n) is 3.44. The summed E-state index contributed by atoms with van der Waals surface area (Å²) in [5.74, 6) is -0.662. The van der Waals surface area contributed by atoms with Gasteiger partial charge in [-0.15, -0.1) is 0 Å². The molecule has 0 unspecified atom stereocenters. The summed E-state index contributed by atoms with van der Waals surface area (Å²) in [4.78, 5) is 26.7. The largest absolute Gasteiger partial charge is 0.465 e. The van der Waals surface area contributed by atoms with Crippen LogP contribution < -0.4 is 4.90 Å². The Hall–Kier alpha value is -2.81. The van der Waals surface area contributed by atoms with E-state index in [9.17, 15) is 9.59 Å². The van der Waals surface area contributed by atoms with E-state index in [0.29, 0.717) is 18.5 Å². The van der Waals surface area contributed by atoms with Crippen LogP contribution in [0.25, 0.3) is 11.0 Å². The zero-order valence-electron chi connectivity index (χ0n) is 14.8. The van der Waals surface area contributed by atoms with Crippen molar-refractivity contribution < 1.29 is 18.7 Å². The summed E-state index contributed by atoms with van der Waals surface area (Å²) < 4.78 is 10.4. The van der Waals surface area contributed by atoms with Crippen molar-refractivity contribution in [1.29, 1.82) is 5.26 Å². The molecule has 1 saturated carbocycles. The first-order chi connectivity index (χ1) is 12.6. The van der Waals surface area contributed by atoms with E-state index in [0.717, 1.165) is 23.8 Å². The first-order valence-corrected chi connectivity index (χ1v) is 8.96. The van der Waals surface area contributed by atoms with Gasteiger partial charge < -0.3 is 14.1 Å². The number of furan rings is 1. The molecule has 26 heavy (non-hydrogen) atoms. The minimum Gasteiger partial charge on any atom is -0.465 e. The monoisotopic (exact) mass is 354 g/mol. The third-order valence-corrected chi connectivity index (χ3v) is 4.87. The van der Waals surface area contributed by atoms with Gasteiger partial charge in [0, 0.05) is 22.9 Å². The van der Waals surface area contributed by atoms with E-state index >= 15 is 0 Å². The molecule has 3 rings (SSSR count). The van der Waals surface area contributed by atoms with Crippen molar-refractivity contribution in [2.24, 2.45) is 11.8 Å². The molecule has 0 saturated heterocycles. The summed E-state index contributed by atoms with van der Waals surface area (Å²) in [7, 11) is 0. The van der Waals surface area contributed by atoms with Gasteiger partial charge in [0.2, 0.25) is 5.91 Å². The van der Waals surface area contributed by atoms with Crippen molar-refractivity contribution in [1.82, 2.24) is 0 Å². The van der Waals surface area contributed by atoms with E-state index in [1.807, 2.05) is 12.1 Å². The van der Waals surface area contributed by atoms with Crippen LogP contribution in [0.1, 0.15) is 32.6 Å². The highest BCUT2D eigenvalue weighted by atomic mass is 16.5. The van der Waals surface area contributed by atoms with E-state index < -0.39 is 5.97 Å². The molecule has 1 heterocycles. The number of fused-ring (bicyclic) bond motifs is 1. The average Bonchev–Trinajstić information content (AvgIpc) is 3.13. The Morgan fingerprint density at radius 1 is 1.27 bits per heavy atom. The highest BCUT2D eigenvalue weighted by Crippen LogP contribution is 2.32. The molecule has 0 spiro atoms. The Bertz CT molecular complexity index is 828. The Morgan fingerprint density at radius 3 is 2.73 bits per heavy atom. The number of carbonyl (C=O) groups is 2. The lowest BCUT2D eigenvalue weighted by molar-refractivity contribution is -0.142. The number of rotatable bonds is 5. The fraction of sp³-hybridized carbons (Fsp3) is 0.450. The molecule has 1 aromatic carbocycles. The van der Waals surface area contributed by atoms with Gasteiger partial charge in [0.15, 0.2) is 0 Å². The minimum atomic E-state index is -0.432. The highest BCUT2D eigenvalue weighted by molar-refractivity contribution is 6.00. The third kappa shape index (κ3) is 3.88. The average molecular weight is 354 g/mol. The van der Waals surface area contributed by atoms with Gasteiger partial charge in [0.25, 0.3) is 0 Å². The van der Waals surface area contributed by atoms with Gasteiger partial charge in [-0.05, 0) is 56.9 Å². The Balaban J connectivity index is 1.83. The highest BCUT2D eigenvalue weighted by Gasteiger charge is 2.31. The summed E-state index contributed by atoms with van der Waals surface area (Å²) in [6.45, 7) is 1.90. The van der Waals surface area contributed by atoms with Gasteiger partial charge >= 0.3 is 5.97 Å². The third-order valence-electron chi connectivity index (χ3n) is 4.87. The predicted octanol–water partition coefficient (Wildman–Crippen LogP) is 3.66. The summed E-state index contributed by atoms with van der Waals surface area (Å²) in [5, 5.41) is 9.92. The van der Waals surface area contributed by atoms with Crippen LogP contribution in [0.3, 0.4) is 0 Å². The number of anilines is 1. The van der Waals surface area contributed by atoms with E-state index in [2.05, 4.69) is 6.07 Å². The zero-order chi connectivity index (χ0) is 18.5. The molecule has 2 aromatic rings. The van der Waals surface area contributed by atoms with Crippen molar-refractivity contribution in [3.05, 3.63) is 30.5 Å². The van der Waals surface area contributed by atoms with Crippen LogP contribution in [-0.2, 0) is 14.3 Å². The molecule has 0 N–H and O–H groups in total. The molecular weight excluding hydrogens is 332 g/mol. The lowest BCUT2D eigenvalue weighted by atomic mass is 9.82. The van der Waals surface area contributed by atoms with Crippen LogP contribution in [-0.4, -0.2) is 25.0 Å². The van der Waals surface area contributed by atoms with Crippen LogP contribution in [0.15, 0.2) is 34.9 Å². The molecule has 0 aliphatic heterocycles. The van der Waals surface area contributed by atoms with Crippen molar-refractivity contribution in [2.45, 2.75) is 32.6 Å². The van der Waals surface area contributed by atoms with Crippen molar-refractivity contribution in [3.63, 3.8) is 0 Å². The van der Waals surface area contributed by atoms with Crippen molar-refractivity contribution >= 4 is 28.5 Å². The SMILES string of the molecule is CCOC(=O)CN(C(=O)C1CCC(C#N)CC1)c1ccc2occc2c1. The molecule has 0 bridgehead atoms. The van der Waals surface area contributed by atoms with Gasteiger partial charge in [-0.25, -0.2) is 0 Å². The number of esters is 1. The molecule has 1 fully saturated rings. The maximum atomic E-state index is 13.1. The summed E-state index contributed by atoms with van der Waals surface area (Å²) in [6, 6.07) is 9.52. The summed E-state index contributed by atoms with van der Waals surface area (Å²) >= 11 is 0. The summed E-state index contributed by atoms with van der Waals surface area (Å²) in [5.41, 5.74) is 1.38. The predicted molar refractivity (Wildman–Crippen MR) is 96.3 cm³/mol. The van der Waals surface area contributed by atoms with Crippen molar-refractivity contribution in [3.8, 4) is 6.07 Å². The Morgan fingerprint density at radius 2 is 2.04 bits per heavy atom. The normalized spacial score (nSPS) is 19.7. The second kappa shape index (κ2) is 8.05. The molecule has 1 aliphatic carbocycles. The lowest BCUT2D eigenvalue weighted by Gasteiger charge is -2.30. The summed E-state index contributed by atoms with van der Waals surface area (Å²) in [6.07, 6.45) is 4.38. The fourth-order valence-corrected chi connectivity index (χ4v) is 3.44. The van der Waals surface area contributed by atoms with Crippen LogP contribution >= 0.6 is 0 Å². The molecule has 6 nitrogen and oxygen atoms in total. The second-order valence-electron chi connectivity index (χ2n) is 6.55. The second-order valence-corrected chi connectivity index (χ2v) is 6.55. The van der Waals surface area contributed by atoms with Crippen LogP contribution in [0.5, 0.6) is 0 Å².